The van der Waals surface area contributed by atoms with Gasteiger partial charge in [0, 0.05) is 0 Å². The summed E-state index contributed by atoms with van der Waals surface area (Å²) in [5.74, 6) is -0.884. The van der Waals surface area contributed by atoms with Crippen molar-refractivity contribution in [3.63, 3.8) is 0 Å². The highest BCUT2D eigenvalue weighted by Crippen LogP contribution is 2.12. The van der Waals surface area contributed by atoms with E-state index in [9.17, 15) is 14.0 Å². The second-order valence-electron chi connectivity index (χ2n) is 4.39. The van der Waals surface area contributed by atoms with Gasteiger partial charge >= 0.3 is 0 Å². The van der Waals surface area contributed by atoms with Crippen molar-refractivity contribution in [2.75, 3.05) is 6.54 Å². The lowest BCUT2D eigenvalue weighted by molar-refractivity contribution is -0.125. The molecule has 0 aliphatic rings. The number of nitrogens with one attached hydrogen (secondary N) is 1. The highest BCUT2D eigenvalue weighted by Gasteiger charge is 2.07. The van der Waals surface area contributed by atoms with Crippen LogP contribution in [-0.2, 0) is 22.7 Å². The Hall–Kier alpha value is -2.97. The van der Waals surface area contributed by atoms with Crippen molar-refractivity contribution in [2.24, 2.45) is 5.73 Å². The third-order valence-corrected chi connectivity index (χ3v) is 2.55. The van der Waals surface area contributed by atoms with Gasteiger partial charge in [0.1, 0.15) is 30.4 Å². The molecule has 0 atom stereocenters. The summed E-state index contributed by atoms with van der Waals surface area (Å²) in [6, 6.07) is 5.57. The summed E-state index contributed by atoms with van der Waals surface area (Å²) in [6.45, 7) is -0.181. The molecule has 1 aromatic carbocycles. The number of hydrogen-bond acceptors (Lipinski definition) is 5. The van der Waals surface area contributed by atoms with E-state index in [1.807, 2.05) is 0 Å². The molecule has 3 N–H and O–H groups in total. The Morgan fingerprint density at radius 2 is 2.05 bits per heavy atom. The van der Waals surface area contributed by atoms with E-state index < -0.39 is 11.8 Å². The number of nitrogens with zero attached hydrogens (tertiary/aromatic N) is 3. The molecule has 0 bridgehead atoms. The normalized spacial score (nSPS) is 10.2. The van der Waals surface area contributed by atoms with Gasteiger partial charge in [-0.25, -0.2) is 9.07 Å². The van der Waals surface area contributed by atoms with Crippen molar-refractivity contribution in [1.29, 1.82) is 0 Å². The van der Waals surface area contributed by atoms with Crippen LogP contribution in [0.15, 0.2) is 30.5 Å². The molecular formula is C13H14FN5O3. The fourth-order valence-electron chi connectivity index (χ4n) is 1.56. The minimum Gasteiger partial charge on any atom is -0.487 e. The number of nitrogens with two attached hydrogens (primary N) is 1. The molecule has 0 fully saturated rings. The van der Waals surface area contributed by atoms with E-state index in [1.165, 1.54) is 35.1 Å². The van der Waals surface area contributed by atoms with E-state index in [2.05, 4.69) is 15.6 Å². The van der Waals surface area contributed by atoms with Crippen molar-refractivity contribution in [2.45, 2.75) is 13.2 Å². The topological polar surface area (TPSA) is 112 Å². The first-order chi connectivity index (χ1) is 10.5. The summed E-state index contributed by atoms with van der Waals surface area (Å²) in [4.78, 5) is 22.0. The summed E-state index contributed by atoms with van der Waals surface area (Å²) in [7, 11) is 0. The van der Waals surface area contributed by atoms with Crippen LogP contribution in [0.4, 0.5) is 4.39 Å². The Morgan fingerprint density at radius 1 is 1.32 bits per heavy atom. The number of aromatic nitrogens is 3. The standard InChI is InChI=1S/C13H14FN5O3/c14-9-1-3-11(4-2-9)22-8-10-6-19(18-17-10)7-13(21)16-5-12(15)20/h1-4,6H,5,7-8H2,(H2,15,20)(H,16,21). The van der Waals surface area contributed by atoms with Crippen molar-refractivity contribution in [3.8, 4) is 5.75 Å². The van der Waals surface area contributed by atoms with Gasteiger partial charge in [0.25, 0.3) is 0 Å². The Kier molecular flexibility index (Phi) is 5.02. The van der Waals surface area contributed by atoms with Gasteiger partial charge in [-0.3, -0.25) is 9.59 Å². The van der Waals surface area contributed by atoms with Gasteiger partial charge in [-0.2, -0.15) is 0 Å². The van der Waals surface area contributed by atoms with Crippen LogP contribution in [0.25, 0.3) is 0 Å². The average molecular weight is 307 g/mol. The summed E-state index contributed by atoms with van der Waals surface area (Å²) < 4.78 is 19.4. The molecule has 0 saturated heterocycles. The average Bonchev–Trinajstić information content (AvgIpc) is 2.92. The number of hydrogen-bond donors (Lipinski definition) is 2. The lowest BCUT2D eigenvalue weighted by atomic mass is 10.3. The van der Waals surface area contributed by atoms with Crippen LogP contribution in [0.3, 0.4) is 0 Å². The molecule has 8 nitrogen and oxygen atoms in total. The first-order valence-corrected chi connectivity index (χ1v) is 6.35. The Bertz CT molecular complexity index is 656. The number of amides is 2. The Labute approximate surface area is 125 Å². The largest absolute Gasteiger partial charge is 0.487 e. The smallest absolute Gasteiger partial charge is 0.242 e. The molecule has 0 aliphatic carbocycles. The number of carbonyl (C=O) groups is 2. The zero-order valence-corrected chi connectivity index (χ0v) is 11.5. The Morgan fingerprint density at radius 3 is 2.73 bits per heavy atom. The molecule has 0 radical (unpaired) electrons. The maximum atomic E-state index is 12.7. The van der Waals surface area contributed by atoms with Crippen LogP contribution in [0.5, 0.6) is 5.75 Å². The molecule has 1 aromatic heterocycles. The van der Waals surface area contributed by atoms with Gasteiger partial charge in [-0.15, -0.1) is 5.10 Å². The van der Waals surface area contributed by atoms with E-state index in [1.54, 1.807) is 0 Å². The molecule has 9 heteroatoms. The van der Waals surface area contributed by atoms with Crippen LogP contribution in [0.2, 0.25) is 0 Å². The summed E-state index contributed by atoms with van der Waals surface area (Å²) in [6.07, 6.45) is 1.54. The van der Waals surface area contributed by atoms with E-state index in [-0.39, 0.29) is 25.5 Å². The van der Waals surface area contributed by atoms with Crippen LogP contribution in [-0.4, -0.2) is 33.4 Å². The van der Waals surface area contributed by atoms with E-state index >= 15 is 0 Å². The lowest BCUT2D eigenvalue weighted by Crippen LogP contribution is -2.35. The highest BCUT2D eigenvalue weighted by atomic mass is 19.1. The summed E-state index contributed by atoms with van der Waals surface area (Å²) >= 11 is 0. The lowest BCUT2D eigenvalue weighted by Gasteiger charge is -2.03. The second kappa shape index (κ2) is 7.16. The summed E-state index contributed by atoms with van der Waals surface area (Å²) in [5, 5.41) is 9.93. The van der Waals surface area contributed by atoms with Crippen LogP contribution >= 0.6 is 0 Å². The Balaban J connectivity index is 1.82. The van der Waals surface area contributed by atoms with Gasteiger partial charge in [0.15, 0.2) is 0 Å². The van der Waals surface area contributed by atoms with Crippen molar-refractivity contribution < 1.29 is 18.7 Å². The molecule has 2 amide bonds. The zero-order valence-electron chi connectivity index (χ0n) is 11.5. The molecule has 1 heterocycles. The fourth-order valence-corrected chi connectivity index (χ4v) is 1.56. The molecule has 0 spiro atoms. The second-order valence-corrected chi connectivity index (χ2v) is 4.39. The molecule has 0 saturated carbocycles. The maximum Gasteiger partial charge on any atom is 0.242 e. The number of ether oxygens (including phenoxy) is 1. The number of carbonyl (C=O) groups excluding carboxylic acids is 2. The minimum atomic E-state index is -0.625. The van der Waals surface area contributed by atoms with E-state index in [0.29, 0.717) is 11.4 Å². The minimum absolute atomic E-state index is 0.0865. The van der Waals surface area contributed by atoms with Gasteiger partial charge in [0.2, 0.25) is 11.8 Å². The van der Waals surface area contributed by atoms with Crippen molar-refractivity contribution >= 4 is 11.8 Å². The van der Waals surface area contributed by atoms with Gasteiger partial charge in [-0.1, -0.05) is 5.21 Å². The third kappa shape index (κ3) is 4.85. The SMILES string of the molecule is NC(=O)CNC(=O)Cn1cc(COc2ccc(F)cc2)nn1. The number of halogens is 1. The molecule has 2 aromatic rings. The van der Waals surface area contributed by atoms with Crippen molar-refractivity contribution in [1.82, 2.24) is 20.3 Å². The molecular weight excluding hydrogens is 293 g/mol. The number of benzene rings is 1. The maximum absolute atomic E-state index is 12.7. The van der Waals surface area contributed by atoms with Crippen molar-refractivity contribution in [3.05, 3.63) is 42.0 Å². The molecule has 0 unspecified atom stereocenters. The zero-order chi connectivity index (χ0) is 15.9. The summed E-state index contributed by atoms with van der Waals surface area (Å²) in [5.41, 5.74) is 5.42. The third-order valence-electron chi connectivity index (χ3n) is 2.55. The van der Waals surface area contributed by atoms with E-state index in [0.717, 1.165) is 0 Å². The van der Waals surface area contributed by atoms with Gasteiger partial charge in [0.05, 0.1) is 12.7 Å². The quantitative estimate of drug-likeness (QED) is 0.722. The monoisotopic (exact) mass is 307 g/mol. The predicted molar refractivity (Wildman–Crippen MR) is 73.0 cm³/mol. The van der Waals surface area contributed by atoms with Gasteiger partial charge < -0.3 is 15.8 Å². The molecule has 0 aliphatic heterocycles. The fraction of sp³-hybridized carbons (Fsp3) is 0.231. The molecule has 22 heavy (non-hydrogen) atoms. The first-order valence-electron chi connectivity index (χ1n) is 6.35. The van der Waals surface area contributed by atoms with E-state index in [4.69, 9.17) is 10.5 Å². The molecule has 2 rings (SSSR count). The van der Waals surface area contributed by atoms with Crippen LogP contribution in [0.1, 0.15) is 5.69 Å². The first kappa shape index (κ1) is 15.4. The van der Waals surface area contributed by atoms with Crippen LogP contribution in [0, 0.1) is 5.82 Å². The predicted octanol–water partition coefficient (Wildman–Crippen LogP) is -0.402. The van der Waals surface area contributed by atoms with Gasteiger partial charge in [-0.05, 0) is 24.3 Å². The highest BCUT2D eigenvalue weighted by molar-refractivity contribution is 5.83. The van der Waals surface area contributed by atoms with Crippen LogP contribution < -0.4 is 15.8 Å². The number of primary amides is 1. The number of rotatable bonds is 7. The molecule has 116 valence electrons.